The van der Waals surface area contributed by atoms with Crippen molar-refractivity contribution in [3.05, 3.63) is 22.7 Å². The average Bonchev–Trinajstić information content (AvgIpc) is 2.43. The molecule has 0 spiro atoms. The Bertz CT molecular complexity index is 701. The van der Waals surface area contributed by atoms with Gasteiger partial charge in [-0.05, 0) is 45.9 Å². The number of nitrogens with zero attached hydrogens (tertiary/aromatic N) is 2. The largest absolute Gasteiger partial charge is 0.471 e. The number of ether oxygens (including phenoxy) is 1. The number of carbonyl (C=O) groups is 2. The Labute approximate surface area is 151 Å². The summed E-state index contributed by atoms with van der Waals surface area (Å²) in [6.07, 6.45) is -5.69. The van der Waals surface area contributed by atoms with Crippen molar-refractivity contribution in [2.75, 3.05) is 16.3 Å². The van der Waals surface area contributed by atoms with Gasteiger partial charge in [-0.15, -0.1) is 0 Å². The molecule has 1 heterocycles. The molecule has 0 radical (unpaired) electrons. The zero-order valence-electron chi connectivity index (χ0n) is 14.1. The number of rotatable bonds is 0. The highest BCUT2D eigenvalue weighted by molar-refractivity contribution is 9.10. The molecular weight excluding hydrogens is 405 g/mol. The second-order valence-electron chi connectivity index (χ2n) is 6.75. The molecule has 5 nitrogen and oxygen atoms in total. The summed E-state index contributed by atoms with van der Waals surface area (Å²) in [6.45, 7) is 6.42. The van der Waals surface area contributed by atoms with E-state index in [1.807, 2.05) is 0 Å². The second kappa shape index (κ2) is 6.51. The van der Waals surface area contributed by atoms with Crippen molar-refractivity contribution >= 4 is 39.3 Å². The van der Waals surface area contributed by atoms with E-state index in [0.29, 0.717) is 9.37 Å². The quantitative estimate of drug-likeness (QED) is 0.618. The number of amides is 2. The minimum Gasteiger partial charge on any atom is -0.443 e. The first kappa shape index (κ1) is 19.6. The monoisotopic (exact) mass is 422 g/mol. The molecule has 0 aromatic heterocycles. The van der Waals surface area contributed by atoms with Crippen LogP contribution in [0.5, 0.6) is 0 Å². The predicted octanol–water partition coefficient (Wildman–Crippen LogP) is 4.49. The fourth-order valence-corrected chi connectivity index (χ4v) is 2.88. The van der Waals surface area contributed by atoms with Crippen molar-refractivity contribution in [1.82, 2.24) is 0 Å². The van der Waals surface area contributed by atoms with Crippen molar-refractivity contribution in [3.63, 3.8) is 0 Å². The lowest BCUT2D eigenvalue weighted by molar-refractivity contribution is -0.170. The molecule has 138 valence electrons. The van der Waals surface area contributed by atoms with E-state index >= 15 is 0 Å². The third-order valence-corrected chi connectivity index (χ3v) is 3.94. The van der Waals surface area contributed by atoms with Crippen molar-refractivity contribution in [2.24, 2.45) is 0 Å². The summed E-state index contributed by atoms with van der Waals surface area (Å²) in [7, 11) is 0. The fraction of sp³-hybridized carbons (Fsp3) is 0.500. The summed E-state index contributed by atoms with van der Waals surface area (Å²) in [6, 6.07) is 3.51. The Morgan fingerprint density at radius 2 is 1.80 bits per heavy atom. The van der Waals surface area contributed by atoms with Crippen LogP contribution in [0.2, 0.25) is 0 Å². The van der Waals surface area contributed by atoms with E-state index in [-0.39, 0.29) is 17.9 Å². The molecule has 0 saturated carbocycles. The molecule has 0 saturated heterocycles. The molecule has 1 atom stereocenters. The molecule has 1 aromatic carbocycles. The summed E-state index contributed by atoms with van der Waals surface area (Å²) in [4.78, 5) is 26.2. The van der Waals surface area contributed by atoms with Crippen LogP contribution < -0.4 is 9.80 Å². The van der Waals surface area contributed by atoms with Gasteiger partial charge in [0.2, 0.25) is 0 Å². The highest BCUT2D eigenvalue weighted by atomic mass is 79.9. The van der Waals surface area contributed by atoms with Gasteiger partial charge in [0.1, 0.15) is 5.60 Å². The lowest BCUT2D eigenvalue weighted by Crippen LogP contribution is -2.55. The van der Waals surface area contributed by atoms with E-state index in [1.165, 1.54) is 30.0 Å². The van der Waals surface area contributed by atoms with Crippen molar-refractivity contribution in [3.8, 4) is 0 Å². The van der Waals surface area contributed by atoms with Crippen LogP contribution in [0.4, 0.5) is 29.3 Å². The van der Waals surface area contributed by atoms with Crippen LogP contribution in [-0.2, 0) is 9.53 Å². The number of benzene rings is 1. The molecule has 2 rings (SSSR count). The number of hydrogen-bond donors (Lipinski definition) is 0. The number of fused-ring (bicyclic) bond motifs is 1. The van der Waals surface area contributed by atoms with Gasteiger partial charge in [-0.3, -0.25) is 14.6 Å². The molecule has 2 amide bonds. The predicted molar refractivity (Wildman–Crippen MR) is 90.7 cm³/mol. The van der Waals surface area contributed by atoms with Crippen molar-refractivity contribution < 1.29 is 27.5 Å². The molecule has 1 aliphatic heterocycles. The van der Waals surface area contributed by atoms with Gasteiger partial charge in [0, 0.05) is 11.0 Å². The zero-order chi connectivity index (χ0) is 19.2. The Morgan fingerprint density at radius 1 is 1.20 bits per heavy atom. The van der Waals surface area contributed by atoms with Crippen molar-refractivity contribution in [2.45, 2.75) is 45.5 Å². The summed E-state index contributed by atoms with van der Waals surface area (Å²) in [5, 5.41) is 0. The maximum Gasteiger partial charge on any atom is 0.471 e. The summed E-state index contributed by atoms with van der Waals surface area (Å²) in [5.41, 5.74) is -0.569. The second-order valence-corrected chi connectivity index (χ2v) is 7.66. The van der Waals surface area contributed by atoms with Gasteiger partial charge in [0.05, 0.1) is 17.4 Å². The number of carbonyl (C=O) groups excluding carboxylic acids is 2. The van der Waals surface area contributed by atoms with E-state index < -0.39 is 29.8 Å². The Balaban J connectivity index is 2.50. The molecular formula is C16H18BrF3N2O3. The molecule has 25 heavy (non-hydrogen) atoms. The van der Waals surface area contributed by atoms with Gasteiger partial charge in [0.25, 0.3) is 0 Å². The van der Waals surface area contributed by atoms with Crippen LogP contribution in [0.3, 0.4) is 0 Å². The fourth-order valence-electron chi connectivity index (χ4n) is 2.53. The molecule has 1 aromatic rings. The van der Waals surface area contributed by atoms with Gasteiger partial charge < -0.3 is 4.74 Å². The van der Waals surface area contributed by atoms with Gasteiger partial charge in [-0.1, -0.05) is 15.9 Å². The number of alkyl halides is 3. The maximum atomic E-state index is 13.0. The standard InChI is InChI=1S/C16H18BrF3N2O3/c1-9-8-21(14(24)25-15(2,3)4)12-7-10(17)5-6-11(12)22(9)13(23)16(18,19)20/h5-7,9H,8H2,1-4H3. The lowest BCUT2D eigenvalue weighted by Gasteiger charge is -2.41. The Hall–Kier alpha value is -1.77. The third-order valence-electron chi connectivity index (χ3n) is 3.45. The van der Waals surface area contributed by atoms with E-state index in [9.17, 15) is 22.8 Å². The molecule has 1 aliphatic rings. The first-order chi connectivity index (χ1) is 11.3. The molecule has 9 heteroatoms. The van der Waals surface area contributed by atoms with Gasteiger partial charge in [0.15, 0.2) is 0 Å². The molecule has 0 bridgehead atoms. The van der Waals surface area contributed by atoms with E-state index in [2.05, 4.69) is 15.9 Å². The molecule has 1 unspecified atom stereocenters. The van der Waals surface area contributed by atoms with Crippen LogP contribution in [0.15, 0.2) is 22.7 Å². The van der Waals surface area contributed by atoms with Crippen LogP contribution in [-0.4, -0.2) is 36.4 Å². The van der Waals surface area contributed by atoms with Gasteiger partial charge >= 0.3 is 18.2 Å². The highest BCUT2D eigenvalue weighted by Crippen LogP contribution is 2.40. The number of hydrogen-bond acceptors (Lipinski definition) is 3. The first-order valence-corrected chi connectivity index (χ1v) is 8.31. The summed E-state index contributed by atoms with van der Waals surface area (Å²) >= 11 is 3.24. The van der Waals surface area contributed by atoms with Crippen molar-refractivity contribution in [1.29, 1.82) is 0 Å². The highest BCUT2D eigenvalue weighted by Gasteiger charge is 2.47. The smallest absolute Gasteiger partial charge is 0.443 e. The topological polar surface area (TPSA) is 49.9 Å². The third kappa shape index (κ3) is 4.26. The van der Waals surface area contributed by atoms with E-state index in [4.69, 9.17) is 4.74 Å². The number of anilines is 2. The molecule has 0 aliphatic carbocycles. The first-order valence-electron chi connectivity index (χ1n) is 7.51. The minimum atomic E-state index is -5.01. The summed E-state index contributed by atoms with van der Waals surface area (Å²) < 4.78 is 44.8. The lowest BCUT2D eigenvalue weighted by atomic mass is 10.1. The maximum absolute atomic E-state index is 13.0. The van der Waals surface area contributed by atoms with Crippen LogP contribution >= 0.6 is 15.9 Å². The van der Waals surface area contributed by atoms with Crippen LogP contribution in [0, 0.1) is 0 Å². The van der Waals surface area contributed by atoms with Gasteiger partial charge in [-0.25, -0.2) is 4.79 Å². The van der Waals surface area contributed by atoms with E-state index in [1.54, 1.807) is 20.8 Å². The number of halogens is 4. The molecule has 0 N–H and O–H groups in total. The SMILES string of the molecule is CC1CN(C(=O)OC(C)(C)C)c2cc(Br)ccc2N1C(=O)C(F)(F)F. The van der Waals surface area contributed by atoms with Gasteiger partial charge in [-0.2, -0.15) is 13.2 Å². The average molecular weight is 423 g/mol. The Kier molecular flexibility index (Phi) is 5.09. The summed E-state index contributed by atoms with van der Waals surface area (Å²) in [5.74, 6) is -1.97. The van der Waals surface area contributed by atoms with E-state index in [0.717, 1.165) is 0 Å². The molecule has 0 fully saturated rings. The normalized spacial score (nSPS) is 18.0. The minimum absolute atomic E-state index is 0.00938. The Morgan fingerprint density at radius 3 is 2.32 bits per heavy atom. The van der Waals surface area contributed by atoms with Crippen LogP contribution in [0.25, 0.3) is 0 Å². The zero-order valence-corrected chi connectivity index (χ0v) is 15.7. The van der Waals surface area contributed by atoms with Crippen LogP contribution in [0.1, 0.15) is 27.7 Å².